The summed E-state index contributed by atoms with van der Waals surface area (Å²) >= 11 is 5.83. The third kappa shape index (κ3) is 4.36. The van der Waals surface area contributed by atoms with Gasteiger partial charge < -0.3 is 10.1 Å². The zero-order valence-corrected chi connectivity index (χ0v) is 13.1. The van der Waals surface area contributed by atoms with Crippen molar-refractivity contribution in [1.82, 2.24) is 0 Å². The summed E-state index contributed by atoms with van der Waals surface area (Å²) in [6.45, 7) is 4.22. The van der Waals surface area contributed by atoms with Gasteiger partial charge in [-0.3, -0.25) is 10.1 Å². The van der Waals surface area contributed by atoms with E-state index in [1.54, 1.807) is 24.3 Å². The number of halogens is 1. The average Bonchev–Trinajstić information content (AvgIpc) is 2.46. The zero-order valence-electron chi connectivity index (χ0n) is 12.4. The third-order valence-corrected chi connectivity index (χ3v) is 3.19. The molecule has 0 amide bonds. The Kier molecular flexibility index (Phi) is 5.22. The van der Waals surface area contributed by atoms with E-state index in [0.717, 1.165) is 5.56 Å². The van der Waals surface area contributed by atoms with E-state index in [-0.39, 0.29) is 11.8 Å². The van der Waals surface area contributed by atoms with Gasteiger partial charge in [0.2, 0.25) is 0 Å². The lowest BCUT2D eigenvalue weighted by atomic mass is 10.2. The number of nitro benzene ring substituents is 1. The van der Waals surface area contributed by atoms with E-state index in [1.807, 2.05) is 26.0 Å². The Morgan fingerprint density at radius 2 is 1.91 bits per heavy atom. The van der Waals surface area contributed by atoms with E-state index in [2.05, 4.69) is 5.32 Å². The summed E-state index contributed by atoms with van der Waals surface area (Å²) in [5, 5.41) is 14.9. The van der Waals surface area contributed by atoms with Crippen molar-refractivity contribution in [3.8, 4) is 5.75 Å². The standard InChI is InChI=1S/C16H17ClN2O3/c1-11(2)22-14-7-8-15(16(9-14)19(20)21)18-10-12-3-5-13(17)6-4-12/h3-9,11,18H,10H2,1-2H3. The van der Waals surface area contributed by atoms with Gasteiger partial charge in [-0.15, -0.1) is 0 Å². The van der Waals surface area contributed by atoms with Crippen LogP contribution in [0.1, 0.15) is 19.4 Å². The molecule has 0 heterocycles. The third-order valence-electron chi connectivity index (χ3n) is 2.93. The SMILES string of the molecule is CC(C)Oc1ccc(NCc2ccc(Cl)cc2)c([N+](=O)[O-])c1. The highest BCUT2D eigenvalue weighted by atomic mass is 35.5. The molecule has 0 spiro atoms. The molecular formula is C16H17ClN2O3. The van der Waals surface area contributed by atoms with E-state index in [0.29, 0.717) is 23.0 Å². The van der Waals surface area contributed by atoms with Gasteiger partial charge in [0.1, 0.15) is 11.4 Å². The van der Waals surface area contributed by atoms with E-state index in [1.165, 1.54) is 6.07 Å². The monoisotopic (exact) mass is 320 g/mol. The van der Waals surface area contributed by atoms with Crippen molar-refractivity contribution >= 4 is 23.0 Å². The fourth-order valence-corrected chi connectivity index (χ4v) is 2.08. The van der Waals surface area contributed by atoms with Crippen molar-refractivity contribution in [3.05, 3.63) is 63.2 Å². The summed E-state index contributed by atoms with van der Waals surface area (Å²) in [7, 11) is 0. The Morgan fingerprint density at radius 1 is 1.23 bits per heavy atom. The number of benzene rings is 2. The maximum absolute atomic E-state index is 11.2. The van der Waals surface area contributed by atoms with Crippen LogP contribution in [0.2, 0.25) is 5.02 Å². The normalized spacial score (nSPS) is 10.5. The summed E-state index contributed by atoms with van der Waals surface area (Å²) in [4.78, 5) is 10.8. The Bertz CT molecular complexity index is 657. The van der Waals surface area contributed by atoms with Crippen LogP contribution in [-0.2, 0) is 6.54 Å². The van der Waals surface area contributed by atoms with Gasteiger partial charge >= 0.3 is 0 Å². The number of rotatable bonds is 6. The smallest absolute Gasteiger partial charge is 0.296 e. The fourth-order valence-electron chi connectivity index (χ4n) is 1.96. The molecule has 22 heavy (non-hydrogen) atoms. The largest absolute Gasteiger partial charge is 0.491 e. The minimum absolute atomic E-state index is 0.00730. The van der Waals surface area contributed by atoms with E-state index in [9.17, 15) is 10.1 Å². The molecule has 0 unspecified atom stereocenters. The van der Waals surface area contributed by atoms with Crippen LogP contribution in [0, 0.1) is 10.1 Å². The number of hydrogen-bond acceptors (Lipinski definition) is 4. The number of nitro groups is 1. The van der Waals surface area contributed by atoms with E-state index < -0.39 is 4.92 Å². The van der Waals surface area contributed by atoms with Gasteiger partial charge in [-0.1, -0.05) is 23.7 Å². The maximum Gasteiger partial charge on any atom is 0.296 e. The molecule has 2 rings (SSSR count). The molecule has 5 nitrogen and oxygen atoms in total. The molecule has 0 bridgehead atoms. The molecule has 1 N–H and O–H groups in total. The van der Waals surface area contributed by atoms with Crippen LogP contribution in [-0.4, -0.2) is 11.0 Å². The summed E-state index contributed by atoms with van der Waals surface area (Å²) in [5.41, 5.74) is 1.43. The van der Waals surface area contributed by atoms with E-state index in [4.69, 9.17) is 16.3 Å². The minimum atomic E-state index is -0.419. The second-order valence-corrected chi connectivity index (χ2v) is 5.52. The first-order valence-corrected chi connectivity index (χ1v) is 7.27. The van der Waals surface area contributed by atoms with Crippen molar-refractivity contribution in [3.63, 3.8) is 0 Å². The molecule has 0 aliphatic rings. The highest BCUT2D eigenvalue weighted by Crippen LogP contribution is 2.30. The van der Waals surface area contributed by atoms with Gasteiger partial charge in [-0.25, -0.2) is 0 Å². The predicted octanol–water partition coefficient (Wildman–Crippen LogP) is 4.65. The number of nitrogens with one attached hydrogen (secondary N) is 1. The molecule has 0 atom stereocenters. The highest BCUT2D eigenvalue weighted by Gasteiger charge is 2.15. The van der Waals surface area contributed by atoms with Crippen LogP contribution in [0.4, 0.5) is 11.4 Å². The quantitative estimate of drug-likeness (QED) is 0.621. The molecular weight excluding hydrogens is 304 g/mol. The molecule has 0 aromatic heterocycles. The minimum Gasteiger partial charge on any atom is -0.491 e. The molecule has 6 heteroatoms. The Morgan fingerprint density at radius 3 is 2.50 bits per heavy atom. The average molecular weight is 321 g/mol. The molecule has 0 aliphatic heterocycles. The van der Waals surface area contributed by atoms with Gasteiger partial charge in [-0.05, 0) is 43.7 Å². The Labute approximate surface area is 134 Å². The molecule has 0 aliphatic carbocycles. The van der Waals surface area contributed by atoms with Crippen LogP contribution in [0.25, 0.3) is 0 Å². The van der Waals surface area contributed by atoms with Gasteiger partial charge in [0.25, 0.3) is 5.69 Å². The van der Waals surface area contributed by atoms with Gasteiger partial charge in [0.05, 0.1) is 17.1 Å². The molecule has 2 aromatic carbocycles. The lowest BCUT2D eigenvalue weighted by molar-refractivity contribution is -0.384. The molecule has 2 aromatic rings. The van der Waals surface area contributed by atoms with Crippen LogP contribution in [0.3, 0.4) is 0 Å². The lowest BCUT2D eigenvalue weighted by Gasteiger charge is -2.12. The van der Waals surface area contributed by atoms with Crippen molar-refractivity contribution in [2.45, 2.75) is 26.5 Å². The lowest BCUT2D eigenvalue weighted by Crippen LogP contribution is -2.07. The van der Waals surface area contributed by atoms with Gasteiger partial charge in [0, 0.05) is 11.6 Å². The summed E-state index contributed by atoms with van der Waals surface area (Å²) in [5.74, 6) is 0.485. The van der Waals surface area contributed by atoms with Crippen LogP contribution in [0.15, 0.2) is 42.5 Å². The predicted molar refractivity (Wildman–Crippen MR) is 87.6 cm³/mol. The Hall–Kier alpha value is -2.27. The molecule has 0 saturated heterocycles. The first kappa shape index (κ1) is 16.1. The molecule has 0 saturated carbocycles. The number of anilines is 1. The molecule has 0 fully saturated rings. The van der Waals surface area contributed by atoms with Crippen LogP contribution < -0.4 is 10.1 Å². The van der Waals surface area contributed by atoms with Crippen molar-refractivity contribution < 1.29 is 9.66 Å². The first-order valence-electron chi connectivity index (χ1n) is 6.89. The number of ether oxygens (including phenoxy) is 1. The van der Waals surface area contributed by atoms with Gasteiger partial charge in [-0.2, -0.15) is 0 Å². The van der Waals surface area contributed by atoms with Crippen molar-refractivity contribution in [1.29, 1.82) is 0 Å². The second-order valence-electron chi connectivity index (χ2n) is 5.08. The summed E-state index contributed by atoms with van der Waals surface area (Å²) < 4.78 is 5.49. The van der Waals surface area contributed by atoms with Crippen LogP contribution >= 0.6 is 11.6 Å². The highest BCUT2D eigenvalue weighted by molar-refractivity contribution is 6.30. The van der Waals surface area contributed by atoms with E-state index >= 15 is 0 Å². The summed E-state index contributed by atoms with van der Waals surface area (Å²) in [6, 6.07) is 12.1. The summed E-state index contributed by atoms with van der Waals surface area (Å²) in [6.07, 6.45) is -0.0347. The van der Waals surface area contributed by atoms with Crippen molar-refractivity contribution in [2.75, 3.05) is 5.32 Å². The first-order chi connectivity index (χ1) is 10.5. The molecule has 116 valence electrons. The number of nitrogens with zero attached hydrogens (tertiary/aromatic N) is 1. The second kappa shape index (κ2) is 7.13. The van der Waals surface area contributed by atoms with Crippen molar-refractivity contribution in [2.24, 2.45) is 0 Å². The van der Waals surface area contributed by atoms with Gasteiger partial charge in [0.15, 0.2) is 0 Å². The zero-order chi connectivity index (χ0) is 16.1. The maximum atomic E-state index is 11.2. The van der Waals surface area contributed by atoms with Crippen LogP contribution in [0.5, 0.6) is 5.75 Å². The number of hydrogen-bond donors (Lipinski definition) is 1. The topological polar surface area (TPSA) is 64.4 Å². The fraction of sp³-hybridized carbons (Fsp3) is 0.250. The molecule has 0 radical (unpaired) electrons. The Balaban J connectivity index is 2.15.